The molecule has 1 saturated heterocycles. The Bertz CT molecular complexity index is 802. The van der Waals surface area contributed by atoms with Gasteiger partial charge in [0.2, 0.25) is 5.91 Å². The molecule has 0 aromatic carbocycles. The van der Waals surface area contributed by atoms with Crippen LogP contribution < -0.4 is 5.32 Å². The molecule has 0 spiro atoms. The molecular formula is C36H65NO8. The number of aliphatic hydroxyl groups excluding tert-OH is 5. The van der Waals surface area contributed by atoms with Crippen molar-refractivity contribution in [1.29, 1.82) is 0 Å². The van der Waals surface area contributed by atoms with Gasteiger partial charge in [0.1, 0.15) is 24.4 Å². The van der Waals surface area contributed by atoms with Gasteiger partial charge in [-0.05, 0) is 44.9 Å². The van der Waals surface area contributed by atoms with Crippen molar-refractivity contribution in [1.82, 2.24) is 5.32 Å². The van der Waals surface area contributed by atoms with E-state index in [-0.39, 0.29) is 12.5 Å². The number of carbonyl (C=O) groups excluding carboxylic acids is 1. The number of ether oxygens (including phenoxy) is 2. The zero-order chi connectivity index (χ0) is 33.1. The molecule has 1 fully saturated rings. The maximum absolute atomic E-state index is 12.8. The van der Waals surface area contributed by atoms with E-state index in [1.165, 1.54) is 38.5 Å². The lowest BCUT2D eigenvalue weighted by molar-refractivity contribution is -0.302. The van der Waals surface area contributed by atoms with Crippen molar-refractivity contribution in [3.05, 3.63) is 36.5 Å². The summed E-state index contributed by atoms with van der Waals surface area (Å²) in [6, 6.07) is -0.807. The van der Waals surface area contributed by atoms with E-state index in [2.05, 4.69) is 43.5 Å². The van der Waals surface area contributed by atoms with Crippen LogP contribution in [-0.4, -0.2) is 87.5 Å². The third-order valence-corrected chi connectivity index (χ3v) is 8.21. The number of rotatable bonds is 27. The van der Waals surface area contributed by atoms with Gasteiger partial charge in [-0.15, -0.1) is 0 Å². The van der Waals surface area contributed by atoms with E-state index in [0.29, 0.717) is 6.42 Å². The highest BCUT2D eigenvalue weighted by Gasteiger charge is 2.44. The summed E-state index contributed by atoms with van der Waals surface area (Å²) in [4.78, 5) is 12.8. The van der Waals surface area contributed by atoms with Crippen LogP contribution in [0.3, 0.4) is 0 Å². The molecule has 0 radical (unpaired) electrons. The van der Waals surface area contributed by atoms with Crippen LogP contribution in [0.5, 0.6) is 0 Å². The first-order chi connectivity index (χ1) is 21.8. The maximum atomic E-state index is 12.8. The van der Waals surface area contributed by atoms with Crippen molar-refractivity contribution in [3.63, 3.8) is 0 Å². The van der Waals surface area contributed by atoms with Crippen LogP contribution in [0.25, 0.3) is 0 Å². The highest BCUT2D eigenvalue weighted by molar-refractivity contribution is 5.76. The van der Waals surface area contributed by atoms with Crippen LogP contribution in [0.2, 0.25) is 0 Å². The van der Waals surface area contributed by atoms with Crippen molar-refractivity contribution in [2.45, 2.75) is 172 Å². The SMILES string of the molecule is CCCC/C=C\C/C=C\CCCCCCCC(=O)NC(COC1OC(CO)C(O)C(O)C1O)C(O)/C=C/CCCCCCCC. The van der Waals surface area contributed by atoms with Crippen molar-refractivity contribution >= 4 is 5.91 Å². The molecule has 9 nitrogen and oxygen atoms in total. The molecule has 1 aliphatic rings. The van der Waals surface area contributed by atoms with Crippen molar-refractivity contribution in [3.8, 4) is 0 Å². The van der Waals surface area contributed by atoms with Crippen molar-refractivity contribution in [2.24, 2.45) is 0 Å². The lowest BCUT2D eigenvalue weighted by Crippen LogP contribution is -2.60. The molecule has 6 N–H and O–H groups in total. The van der Waals surface area contributed by atoms with Gasteiger partial charge in [-0.25, -0.2) is 0 Å². The van der Waals surface area contributed by atoms with E-state index < -0.39 is 49.5 Å². The first-order valence-corrected chi connectivity index (χ1v) is 17.7. The van der Waals surface area contributed by atoms with Gasteiger partial charge in [0.25, 0.3) is 0 Å². The minimum absolute atomic E-state index is 0.195. The summed E-state index contributed by atoms with van der Waals surface area (Å²) in [5.41, 5.74) is 0. The molecule has 1 aliphatic heterocycles. The van der Waals surface area contributed by atoms with Gasteiger partial charge in [-0.3, -0.25) is 4.79 Å². The summed E-state index contributed by atoms with van der Waals surface area (Å²) in [7, 11) is 0. The Balaban J connectivity index is 2.48. The molecule has 0 aromatic rings. The average Bonchev–Trinajstić information content (AvgIpc) is 3.04. The molecule has 0 bridgehead atoms. The summed E-state index contributed by atoms with van der Waals surface area (Å²) >= 11 is 0. The first-order valence-electron chi connectivity index (χ1n) is 17.7. The Labute approximate surface area is 272 Å². The van der Waals surface area contributed by atoms with Gasteiger partial charge in [0, 0.05) is 6.42 Å². The zero-order valence-corrected chi connectivity index (χ0v) is 28.1. The topological polar surface area (TPSA) is 149 Å². The van der Waals surface area contributed by atoms with Crippen molar-refractivity contribution in [2.75, 3.05) is 13.2 Å². The zero-order valence-electron chi connectivity index (χ0n) is 28.1. The minimum atomic E-state index is -1.57. The summed E-state index contributed by atoms with van der Waals surface area (Å²) in [6.07, 6.45) is 23.4. The largest absolute Gasteiger partial charge is 0.394 e. The molecule has 7 atom stereocenters. The number of carbonyl (C=O) groups is 1. The van der Waals surface area contributed by atoms with Gasteiger partial charge < -0.3 is 40.3 Å². The number of aliphatic hydroxyl groups is 5. The van der Waals surface area contributed by atoms with Crippen LogP contribution in [0.15, 0.2) is 36.5 Å². The molecular weight excluding hydrogens is 574 g/mol. The number of unbranched alkanes of at least 4 members (excludes halogenated alkanes) is 13. The van der Waals surface area contributed by atoms with Crippen molar-refractivity contribution < 1.29 is 39.8 Å². The molecule has 1 rings (SSSR count). The monoisotopic (exact) mass is 639 g/mol. The maximum Gasteiger partial charge on any atom is 0.220 e. The fraction of sp³-hybridized carbons (Fsp3) is 0.806. The Morgan fingerprint density at radius 3 is 1.98 bits per heavy atom. The van der Waals surface area contributed by atoms with Crippen LogP contribution in [0.1, 0.15) is 129 Å². The summed E-state index contributed by atoms with van der Waals surface area (Å²) in [6.45, 7) is 3.63. The molecule has 262 valence electrons. The average molecular weight is 640 g/mol. The number of amides is 1. The summed E-state index contributed by atoms with van der Waals surface area (Å²) in [5.74, 6) is -0.198. The predicted octanol–water partition coefficient (Wildman–Crippen LogP) is 5.38. The lowest BCUT2D eigenvalue weighted by atomic mass is 9.99. The number of hydrogen-bond acceptors (Lipinski definition) is 8. The summed E-state index contributed by atoms with van der Waals surface area (Å²) < 4.78 is 11.1. The van der Waals surface area contributed by atoms with E-state index in [1.54, 1.807) is 6.08 Å². The van der Waals surface area contributed by atoms with Crippen LogP contribution in [-0.2, 0) is 14.3 Å². The molecule has 9 heteroatoms. The molecule has 7 unspecified atom stereocenters. The minimum Gasteiger partial charge on any atom is -0.394 e. The number of hydrogen-bond donors (Lipinski definition) is 6. The molecule has 45 heavy (non-hydrogen) atoms. The number of allylic oxidation sites excluding steroid dienone is 5. The van der Waals surface area contributed by atoms with E-state index in [9.17, 15) is 30.3 Å². The third kappa shape index (κ3) is 19.6. The molecule has 1 amide bonds. The van der Waals surface area contributed by atoms with Gasteiger partial charge >= 0.3 is 0 Å². The number of nitrogens with one attached hydrogen (secondary N) is 1. The Morgan fingerprint density at radius 1 is 0.756 bits per heavy atom. The van der Waals surface area contributed by atoms with Gasteiger partial charge in [-0.2, -0.15) is 0 Å². The second-order valence-corrected chi connectivity index (χ2v) is 12.3. The summed E-state index contributed by atoms with van der Waals surface area (Å²) in [5, 5.41) is 53.6. The van der Waals surface area contributed by atoms with Crippen LogP contribution >= 0.6 is 0 Å². The normalized spacial score (nSPS) is 23.8. The van der Waals surface area contributed by atoms with Gasteiger partial charge in [-0.1, -0.05) is 115 Å². The van der Waals surface area contributed by atoms with Gasteiger partial charge in [0.15, 0.2) is 6.29 Å². The highest BCUT2D eigenvalue weighted by atomic mass is 16.7. The lowest BCUT2D eigenvalue weighted by Gasteiger charge is -2.40. The first kappa shape index (κ1) is 41.4. The molecule has 0 saturated carbocycles. The third-order valence-electron chi connectivity index (χ3n) is 8.21. The van der Waals surface area contributed by atoms with Crippen LogP contribution in [0, 0.1) is 0 Å². The second-order valence-electron chi connectivity index (χ2n) is 12.3. The molecule has 1 heterocycles. The smallest absolute Gasteiger partial charge is 0.220 e. The van der Waals surface area contributed by atoms with Gasteiger partial charge in [0.05, 0.1) is 25.4 Å². The van der Waals surface area contributed by atoms with E-state index >= 15 is 0 Å². The van der Waals surface area contributed by atoms with E-state index in [4.69, 9.17) is 9.47 Å². The van der Waals surface area contributed by atoms with E-state index in [0.717, 1.165) is 70.6 Å². The Hall–Kier alpha value is -1.59. The Morgan fingerprint density at radius 2 is 1.33 bits per heavy atom. The second kappa shape index (κ2) is 27.5. The van der Waals surface area contributed by atoms with E-state index in [1.807, 2.05) is 6.08 Å². The quantitative estimate of drug-likeness (QED) is 0.0519. The fourth-order valence-electron chi connectivity index (χ4n) is 5.23. The standard InChI is InChI=1S/C36H65NO8/c1-3-5-7-9-11-13-14-15-16-17-18-20-22-24-26-32(40)37-29(30(39)25-23-21-19-12-10-8-6-4-2)28-44-36-35(43)34(42)33(41)31(27-38)45-36/h9,11,14-15,23,25,29-31,33-36,38-39,41-43H,3-8,10,12-13,16-22,24,26-28H2,1-2H3,(H,37,40)/b11-9-,15-14-,25-23+. The fourth-order valence-corrected chi connectivity index (χ4v) is 5.23. The highest BCUT2D eigenvalue weighted by Crippen LogP contribution is 2.22. The Kier molecular flexibility index (Phi) is 25.3. The van der Waals surface area contributed by atoms with Crippen LogP contribution in [0.4, 0.5) is 0 Å². The molecule has 0 aromatic heterocycles. The molecule has 0 aliphatic carbocycles. The predicted molar refractivity (Wildman–Crippen MR) is 180 cm³/mol.